The first kappa shape index (κ1) is 13.4. The highest BCUT2D eigenvalue weighted by Crippen LogP contribution is 2.21. The monoisotopic (exact) mass is 244 g/mol. The van der Waals surface area contributed by atoms with Gasteiger partial charge in [-0.2, -0.15) is 11.8 Å². The van der Waals surface area contributed by atoms with Crippen LogP contribution in [0.4, 0.5) is 0 Å². The normalized spacial score (nSPS) is 24.5. The quantitative estimate of drug-likeness (QED) is 0.746. The maximum absolute atomic E-state index is 12.0. The van der Waals surface area contributed by atoms with Crippen molar-refractivity contribution in [1.82, 2.24) is 10.2 Å². The third-order valence-electron chi connectivity index (χ3n) is 2.94. The van der Waals surface area contributed by atoms with Crippen molar-refractivity contribution in [3.05, 3.63) is 0 Å². The molecule has 0 saturated carbocycles. The van der Waals surface area contributed by atoms with Crippen LogP contribution in [0.5, 0.6) is 0 Å². The van der Waals surface area contributed by atoms with Gasteiger partial charge in [-0.05, 0) is 39.2 Å². The average molecular weight is 244 g/mol. The minimum atomic E-state index is -0.720. The SMILES string of the molecule is CSCCCN1C(=O)C(C)NC(=O)C1(C)C. The average Bonchev–Trinajstić information content (AvgIpc) is 2.21. The Labute approximate surface area is 101 Å². The Morgan fingerprint density at radius 3 is 2.62 bits per heavy atom. The maximum Gasteiger partial charge on any atom is 0.246 e. The zero-order valence-corrected chi connectivity index (χ0v) is 11.2. The predicted molar refractivity (Wildman–Crippen MR) is 66.4 cm³/mol. The van der Waals surface area contributed by atoms with Crippen LogP contribution in [0, 0.1) is 0 Å². The largest absolute Gasteiger partial charge is 0.343 e. The third-order valence-corrected chi connectivity index (χ3v) is 3.64. The van der Waals surface area contributed by atoms with Crippen molar-refractivity contribution in [3.8, 4) is 0 Å². The van der Waals surface area contributed by atoms with Crippen LogP contribution in [0.25, 0.3) is 0 Å². The first-order chi connectivity index (χ1) is 7.41. The molecule has 0 radical (unpaired) electrons. The summed E-state index contributed by atoms with van der Waals surface area (Å²) in [7, 11) is 0. The smallest absolute Gasteiger partial charge is 0.246 e. The molecule has 1 aliphatic heterocycles. The number of rotatable bonds is 4. The lowest BCUT2D eigenvalue weighted by Gasteiger charge is -2.43. The van der Waals surface area contributed by atoms with Crippen molar-refractivity contribution in [2.75, 3.05) is 18.6 Å². The molecule has 0 aromatic carbocycles. The van der Waals surface area contributed by atoms with Crippen molar-refractivity contribution in [2.45, 2.75) is 38.8 Å². The lowest BCUT2D eigenvalue weighted by molar-refractivity contribution is -0.154. The lowest BCUT2D eigenvalue weighted by atomic mass is 9.96. The van der Waals surface area contributed by atoms with Crippen LogP contribution < -0.4 is 5.32 Å². The Hall–Kier alpha value is -0.710. The molecule has 1 rings (SSSR count). The van der Waals surface area contributed by atoms with E-state index in [1.807, 2.05) is 6.26 Å². The molecule has 4 nitrogen and oxygen atoms in total. The van der Waals surface area contributed by atoms with Gasteiger partial charge in [-0.25, -0.2) is 0 Å². The van der Waals surface area contributed by atoms with Crippen molar-refractivity contribution in [2.24, 2.45) is 0 Å². The van der Waals surface area contributed by atoms with Crippen LogP contribution in [0.3, 0.4) is 0 Å². The maximum atomic E-state index is 12.0. The molecule has 92 valence electrons. The van der Waals surface area contributed by atoms with Gasteiger partial charge < -0.3 is 10.2 Å². The molecular weight excluding hydrogens is 224 g/mol. The topological polar surface area (TPSA) is 49.4 Å². The van der Waals surface area contributed by atoms with Gasteiger partial charge in [0.15, 0.2) is 0 Å². The summed E-state index contributed by atoms with van der Waals surface area (Å²) >= 11 is 1.75. The molecule has 16 heavy (non-hydrogen) atoms. The number of nitrogens with zero attached hydrogens (tertiary/aromatic N) is 1. The number of piperazine rings is 1. The van der Waals surface area contributed by atoms with Gasteiger partial charge in [0.2, 0.25) is 11.8 Å². The molecule has 0 aromatic rings. The molecule has 1 saturated heterocycles. The summed E-state index contributed by atoms with van der Waals surface area (Å²) in [5.41, 5.74) is -0.720. The van der Waals surface area contributed by atoms with E-state index in [1.165, 1.54) is 0 Å². The molecule has 2 amide bonds. The van der Waals surface area contributed by atoms with E-state index in [9.17, 15) is 9.59 Å². The Morgan fingerprint density at radius 1 is 1.44 bits per heavy atom. The second-order valence-electron chi connectivity index (χ2n) is 4.59. The van der Waals surface area contributed by atoms with Crippen LogP contribution in [0.1, 0.15) is 27.2 Å². The van der Waals surface area contributed by atoms with Gasteiger partial charge in [0.25, 0.3) is 0 Å². The van der Waals surface area contributed by atoms with Crippen LogP contribution in [0.15, 0.2) is 0 Å². The minimum absolute atomic E-state index is 0.0192. The molecule has 1 unspecified atom stereocenters. The molecule has 1 N–H and O–H groups in total. The first-order valence-corrected chi connectivity index (χ1v) is 6.92. The van der Waals surface area contributed by atoms with Crippen LogP contribution >= 0.6 is 11.8 Å². The Bertz CT molecular complexity index is 292. The molecule has 1 atom stereocenters. The van der Waals surface area contributed by atoms with Crippen molar-refractivity contribution < 1.29 is 9.59 Å². The number of hydrogen-bond acceptors (Lipinski definition) is 3. The van der Waals surface area contributed by atoms with Gasteiger partial charge in [0.05, 0.1) is 0 Å². The number of thioether (sulfide) groups is 1. The number of amides is 2. The summed E-state index contributed by atoms with van der Waals surface area (Å²) in [6.45, 7) is 5.98. The minimum Gasteiger partial charge on any atom is -0.343 e. The van der Waals surface area contributed by atoms with E-state index in [-0.39, 0.29) is 11.8 Å². The third kappa shape index (κ3) is 2.51. The number of carbonyl (C=O) groups is 2. The first-order valence-electron chi connectivity index (χ1n) is 5.52. The Kier molecular flexibility index (Phi) is 4.24. The fraction of sp³-hybridized carbons (Fsp3) is 0.818. The summed E-state index contributed by atoms with van der Waals surface area (Å²) in [4.78, 5) is 25.5. The van der Waals surface area contributed by atoms with Gasteiger partial charge >= 0.3 is 0 Å². The molecule has 0 aromatic heterocycles. The van der Waals surface area contributed by atoms with E-state index >= 15 is 0 Å². The van der Waals surface area contributed by atoms with Crippen LogP contribution in [0.2, 0.25) is 0 Å². The summed E-state index contributed by atoms with van der Waals surface area (Å²) in [6, 6.07) is -0.394. The number of carbonyl (C=O) groups excluding carboxylic acids is 2. The van der Waals surface area contributed by atoms with E-state index < -0.39 is 11.6 Å². The Morgan fingerprint density at radius 2 is 2.06 bits per heavy atom. The van der Waals surface area contributed by atoms with Crippen molar-refractivity contribution in [1.29, 1.82) is 0 Å². The van der Waals surface area contributed by atoms with Crippen LogP contribution in [-0.4, -0.2) is 46.8 Å². The molecule has 1 aliphatic rings. The fourth-order valence-electron chi connectivity index (χ4n) is 1.82. The summed E-state index contributed by atoms with van der Waals surface area (Å²) in [6.07, 6.45) is 2.97. The number of hydrogen-bond donors (Lipinski definition) is 1. The summed E-state index contributed by atoms with van der Waals surface area (Å²) in [5.74, 6) is 0.963. The van der Waals surface area contributed by atoms with Crippen LogP contribution in [-0.2, 0) is 9.59 Å². The molecule has 1 heterocycles. The van der Waals surface area contributed by atoms with Gasteiger partial charge in [-0.15, -0.1) is 0 Å². The molecule has 1 fully saturated rings. The summed E-state index contributed by atoms with van der Waals surface area (Å²) in [5, 5.41) is 2.70. The van der Waals surface area contributed by atoms with E-state index in [1.54, 1.807) is 37.4 Å². The van der Waals surface area contributed by atoms with E-state index in [2.05, 4.69) is 5.32 Å². The Balaban J connectivity index is 2.74. The predicted octanol–water partition coefficient (Wildman–Crippen LogP) is 0.865. The highest BCUT2D eigenvalue weighted by molar-refractivity contribution is 7.98. The second kappa shape index (κ2) is 5.08. The highest BCUT2D eigenvalue weighted by Gasteiger charge is 2.44. The standard InChI is InChI=1S/C11H20N2O2S/c1-8-9(14)13(6-5-7-16-4)11(2,3)10(15)12-8/h8H,5-7H2,1-4H3,(H,12,15). The summed E-state index contributed by atoms with van der Waals surface area (Å²) < 4.78 is 0. The number of nitrogens with one attached hydrogen (secondary N) is 1. The van der Waals surface area contributed by atoms with Gasteiger partial charge in [-0.1, -0.05) is 0 Å². The highest BCUT2D eigenvalue weighted by atomic mass is 32.2. The van der Waals surface area contributed by atoms with Crippen molar-refractivity contribution >= 4 is 23.6 Å². The molecule has 0 aliphatic carbocycles. The van der Waals surface area contributed by atoms with E-state index in [4.69, 9.17) is 0 Å². The van der Waals surface area contributed by atoms with E-state index in [0.717, 1.165) is 12.2 Å². The zero-order chi connectivity index (χ0) is 12.3. The van der Waals surface area contributed by atoms with Crippen molar-refractivity contribution in [3.63, 3.8) is 0 Å². The van der Waals surface area contributed by atoms with Gasteiger partial charge in [-0.3, -0.25) is 9.59 Å². The molecule has 0 spiro atoms. The zero-order valence-electron chi connectivity index (χ0n) is 10.4. The molecule has 0 bridgehead atoms. The molecular formula is C11H20N2O2S. The van der Waals surface area contributed by atoms with Gasteiger partial charge in [0, 0.05) is 6.54 Å². The van der Waals surface area contributed by atoms with Gasteiger partial charge in [0.1, 0.15) is 11.6 Å². The molecule has 5 heteroatoms. The second-order valence-corrected chi connectivity index (χ2v) is 5.58. The fourth-order valence-corrected chi connectivity index (χ4v) is 2.24. The van der Waals surface area contributed by atoms with E-state index in [0.29, 0.717) is 6.54 Å². The lowest BCUT2D eigenvalue weighted by Crippen LogP contribution is -2.67.